The summed E-state index contributed by atoms with van der Waals surface area (Å²) in [6, 6.07) is -0.00392. The maximum Gasteiger partial charge on any atom is 0.410 e. The molecule has 0 aromatic carbocycles. The Balaban J connectivity index is 1.97. The second-order valence-electron chi connectivity index (χ2n) is 7.61. The Hall–Kier alpha value is -1.95. The van der Waals surface area contributed by atoms with Crippen molar-refractivity contribution in [3.63, 3.8) is 0 Å². The van der Waals surface area contributed by atoms with E-state index in [0.717, 1.165) is 19.3 Å². The van der Waals surface area contributed by atoms with Crippen LogP contribution in [0.4, 0.5) is 4.79 Å². The zero-order valence-corrected chi connectivity index (χ0v) is 14.8. The van der Waals surface area contributed by atoms with E-state index in [0.29, 0.717) is 32.6 Å². The van der Waals surface area contributed by atoms with E-state index in [4.69, 9.17) is 10.3 Å². The molecule has 2 aliphatic rings. The highest BCUT2D eigenvalue weighted by Gasteiger charge is 2.35. The number of nitrogens with zero attached hydrogens (tertiary/aromatic N) is 5. The number of carbonyl (C=O) groups is 2. The molecule has 0 radical (unpaired) electrons. The first-order valence-corrected chi connectivity index (χ1v) is 8.58. The largest absolute Gasteiger partial charge is 0.444 e. The summed E-state index contributed by atoms with van der Waals surface area (Å²) >= 11 is 0. The fourth-order valence-electron chi connectivity index (χ4n) is 3.31. The van der Waals surface area contributed by atoms with Gasteiger partial charge in [-0.15, -0.1) is 0 Å². The van der Waals surface area contributed by atoms with Crippen LogP contribution in [0.15, 0.2) is 5.11 Å². The number of carbonyl (C=O) groups excluding carboxylic acids is 2. The van der Waals surface area contributed by atoms with Crippen LogP contribution < -0.4 is 0 Å². The molecule has 2 fully saturated rings. The minimum atomic E-state index is -0.525. The van der Waals surface area contributed by atoms with Gasteiger partial charge in [0.1, 0.15) is 5.60 Å². The Morgan fingerprint density at radius 2 is 2.17 bits per heavy atom. The van der Waals surface area contributed by atoms with Gasteiger partial charge in [0.15, 0.2) is 0 Å². The highest BCUT2D eigenvalue weighted by Crippen LogP contribution is 2.24. The summed E-state index contributed by atoms with van der Waals surface area (Å²) in [6.45, 7) is 7.71. The zero-order chi connectivity index (χ0) is 17.7. The quantitative estimate of drug-likeness (QED) is 0.448. The lowest BCUT2D eigenvalue weighted by atomic mass is 10.0. The molecule has 0 aromatic heterocycles. The van der Waals surface area contributed by atoms with E-state index in [1.54, 1.807) is 9.80 Å². The highest BCUT2D eigenvalue weighted by molar-refractivity contribution is 5.78. The molecule has 0 aromatic rings. The lowest BCUT2D eigenvalue weighted by Crippen LogP contribution is -2.51. The first-order chi connectivity index (χ1) is 11.3. The van der Waals surface area contributed by atoms with Gasteiger partial charge >= 0.3 is 6.09 Å². The molecule has 2 aliphatic heterocycles. The number of amides is 2. The second-order valence-corrected chi connectivity index (χ2v) is 7.61. The maximum atomic E-state index is 12.4. The number of piperidine rings is 1. The first kappa shape index (κ1) is 18.4. The van der Waals surface area contributed by atoms with E-state index < -0.39 is 5.60 Å². The normalized spacial score (nSPS) is 24.7. The van der Waals surface area contributed by atoms with Crippen LogP contribution in [0.5, 0.6) is 0 Å². The SMILES string of the molecule is CC(C)(C)OC(=O)N1CCCCC1CN1CC(CN=[N+]=[N-])CC1=O. The molecule has 0 N–H and O–H groups in total. The molecule has 2 atom stereocenters. The molecule has 2 unspecified atom stereocenters. The van der Waals surface area contributed by atoms with Gasteiger partial charge in [-0.1, -0.05) is 5.11 Å². The monoisotopic (exact) mass is 337 g/mol. The van der Waals surface area contributed by atoms with E-state index in [9.17, 15) is 9.59 Å². The number of hydrogen-bond acceptors (Lipinski definition) is 4. The van der Waals surface area contributed by atoms with E-state index in [2.05, 4.69) is 10.0 Å². The van der Waals surface area contributed by atoms with Crippen LogP contribution in [0, 0.1) is 5.92 Å². The van der Waals surface area contributed by atoms with Crippen LogP contribution in [0.1, 0.15) is 46.5 Å². The molecule has 8 nitrogen and oxygen atoms in total. The van der Waals surface area contributed by atoms with Gasteiger partial charge in [0.2, 0.25) is 5.91 Å². The second kappa shape index (κ2) is 7.75. The highest BCUT2D eigenvalue weighted by atomic mass is 16.6. The topological polar surface area (TPSA) is 98.6 Å². The summed E-state index contributed by atoms with van der Waals surface area (Å²) < 4.78 is 5.50. The molecular formula is C16H27N5O3. The van der Waals surface area contributed by atoms with Gasteiger partial charge in [0.05, 0.1) is 6.04 Å². The number of ether oxygens (including phenoxy) is 1. The summed E-state index contributed by atoms with van der Waals surface area (Å²) in [5.41, 5.74) is 7.88. The van der Waals surface area contributed by atoms with Crippen molar-refractivity contribution in [2.75, 3.05) is 26.2 Å². The van der Waals surface area contributed by atoms with Gasteiger partial charge in [0, 0.05) is 37.5 Å². The van der Waals surface area contributed by atoms with E-state index >= 15 is 0 Å². The van der Waals surface area contributed by atoms with Crippen LogP contribution in [0.2, 0.25) is 0 Å². The number of hydrogen-bond donors (Lipinski definition) is 0. The molecule has 0 bridgehead atoms. The average Bonchev–Trinajstić information content (AvgIpc) is 2.84. The van der Waals surface area contributed by atoms with Crippen molar-refractivity contribution in [2.45, 2.75) is 58.1 Å². The van der Waals surface area contributed by atoms with Crippen molar-refractivity contribution in [3.8, 4) is 0 Å². The van der Waals surface area contributed by atoms with E-state index in [1.165, 1.54) is 0 Å². The standard InChI is InChI=1S/C16H27N5O3/c1-16(2,3)24-15(23)21-7-5-4-6-13(21)11-20-10-12(8-14(20)22)9-18-19-17/h12-13H,4-11H2,1-3H3. The predicted molar refractivity (Wildman–Crippen MR) is 89.3 cm³/mol. The Morgan fingerprint density at radius 1 is 1.42 bits per heavy atom. The van der Waals surface area contributed by atoms with Gasteiger partial charge in [0.25, 0.3) is 0 Å². The van der Waals surface area contributed by atoms with E-state index in [-0.39, 0.29) is 24.0 Å². The Kier molecular flexibility index (Phi) is 5.94. The molecule has 0 saturated carbocycles. The maximum absolute atomic E-state index is 12.4. The predicted octanol–water partition coefficient (Wildman–Crippen LogP) is 2.93. The van der Waals surface area contributed by atoms with Crippen molar-refractivity contribution >= 4 is 12.0 Å². The molecule has 134 valence electrons. The summed E-state index contributed by atoms with van der Waals surface area (Å²) in [5.74, 6) is 0.148. The van der Waals surface area contributed by atoms with Crippen molar-refractivity contribution in [1.82, 2.24) is 9.80 Å². The average molecular weight is 337 g/mol. The van der Waals surface area contributed by atoms with Gasteiger partial charge in [-0.2, -0.15) is 0 Å². The van der Waals surface area contributed by atoms with Crippen LogP contribution >= 0.6 is 0 Å². The number of rotatable bonds is 4. The van der Waals surface area contributed by atoms with Crippen LogP contribution in [-0.2, 0) is 9.53 Å². The Labute approximate surface area is 142 Å². The van der Waals surface area contributed by atoms with Gasteiger partial charge in [-0.05, 0) is 51.5 Å². The fraction of sp³-hybridized carbons (Fsp3) is 0.875. The lowest BCUT2D eigenvalue weighted by molar-refractivity contribution is -0.128. The van der Waals surface area contributed by atoms with Gasteiger partial charge in [-0.25, -0.2) is 4.79 Å². The third-order valence-corrected chi connectivity index (χ3v) is 4.38. The van der Waals surface area contributed by atoms with Crippen molar-refractivity contribution in [3.05, 3.63) is 10.4 Å². The van der Waals surface area contributed by atoms with Crippen molar-refractivity contribution < 1.29 is 14.3 Å². The number of likely N-dealkylation sites (tertiary alicyclic amines) is 2. The van der Waals surface area contributed by atoms with Crippen molar-refractivity contribution in [2.24, 2.45) is 11.0 Å². The molecule has 0 aliphatic carbocycles. The van der Waals surface area contributed by atoms with Crippen LogP contribution in [0.25, 0.3) is 10.4 Å². The summed E-state index contributed by atoms with van der Waals surface area (Å²) in [4.78, 5) is 30.9. The molecular weight excluding hydrogens is 310 g/mol. The minimum absolute atomic E-state index is 0.00392. The molecule has 24 heavy (non-hydrogen) atoms. The third kappa shape index (κ3) is 5.03. The van der Waals surface area contributed by atoms with Gasteiger partial charge < -0.3 is 14.5 Å². The van der Waals surface area contributed by atoms with E-state index in [1.807, 2.05) is 20.8 Å². The third-order valence-electron chi connectivity index (χ3n) is 4.38. The summed E-state index contributed by atoms with van der Waals surface area (Å²) in [5, 5.41) is 3.57. The molecule has 2 saturated heterocycles. The molecule has 2 rings (SSSR count). The van der Waals surface area contributed by atoms with Crippen LogP contribution in [-0.4, -0.2) is 59.6 Å². The summed E-state index contributed by atoms with van der Waals surface area (Å²) in [7, 11) is 0. The first-order valence-electron chi connectivity index (χ1n) is 8.58. The van der Waals surface area contributed by atoms with Crippen molar-refractivity contribution in [1.29, 1.82) is 0 Å². The molecule has 0 spiro atoms. The molecule has 2 heterocycles. The smallest absolute Gasteiger partial charge is 0.410 e. The van der Waals surface area contributed by atoms with Gasteiger partial charge in [-0.3, -0.25) is 4.79 Å². The zero-order valence-electron chi connectivity index (χ0n) is 14.8. The lowest BCUT2D eigenvalue weighted by Gasteiger charge is -2.38. The molecule has 8 heteroatoms. The Bertz CT molecular complexity index is 524. The summed E-state index contributed by atoms with van der Waals surface area (Å²) in [6.07, 6.45) is 3.00. The number of azide groups is 1. The Morgan fingerprint density at radius 3 is 2.83 bits per heavy atom. The molecule has 2 amide bonds. The minimum Gasteiger partial charge on any atom is -0.444 e. The van der Waals surface area contributed by atoms with Crippen LogP contribution in [0.3, 0.4) is 0 Å². The fourth-order valence-corrected chi connectivity index (χ4v) is 3.31.